The highest BCUT2D eigenvalue weighted by molar-refractivity contribution is 8.27. The number of carbonyl (C=O) groups excluding carboxylic acids is 1. The molecule has 2 aliphatic rings. The van der Waals surface area contributed by atoms with Gasteiger partial charge in [-0.3, -0.25) is 10.2 Å². The van der Waals surface area contributed by atoms with Gasteiger partial charge in [-0.15, -0.1) is 0 Å². The fourth-order valence-electron chi connectivity index (χ4n) is 4.34. The molecule has 182 valence electrons. The van der Waals surface area contributed by atoms with Gasteiger partial charge in [-0.2, -0.15) is 15.1 Å². The highest BCUT2D eigenvalue weighted by Crippen LogP contribution is 2.34. The van der Waals surface area contributed by atoms with E-state index in [1.165, 1.54) is 16.8 Å². The molecule has 2 aliphatic heterocycles. The summed E-state index contributed by atoms with van der Waals surface area (Å²) >= 11 is 1.30. The first-order chi connectivity index (χ1) is 17.3. The van der Waals surface area contributed by atoms with Gasteiger partial charge in [-0.25, -0.2) is 0 Å². The van der Waals surface area contributed by atoms with E-state index in [2.05, 4.69) is 14.7 Å². The lowest BCUT2D eigenvalue weighted by molar-refractivity contribution is -0.114. The molecule has 0 fully saturated rings. The lowest BCUT2D eigenvalue weighted by atomic mass is 10.1. The molecule has 9 heteroatoms. The summed E-state index contributed by atoms with van der Waals surface area (Å²) in [7, 11) is 3.23. The molecule has 0 saturated heterocycles. The van der Waals surface area contributed by atoms with Crippen molar-refractivity contribution in [3.8, 4) is 17.2 Å². The molecule has 3 aromatic rings. The van der Waals surface area contributed by atoms with Gasteiger partial charge in [-0.1, -0.05) is 24.3 Å². The Labute approximate surface area is 213 Å². The predicted molar refractivity (Wildman–Crippen MR) is 144 cm³/mol. The molecule has 3 heterocycles. The minimum absolute atomic E-state index is 0.00733. The molecule has 36 heavy (non-hydrogen) atoms. The van der Waals surface area contributed by atoms with Crippen LogP contribution in [0.4, 0.5) is 0 Å². The van der Waals surface area contributed by atoms with Crippen LogP contribution < -0.4 is 9.47 Å². The zero-order valence-corrected chi connectivity index (χ0v) is 21.4. The largest absolute Gasteiger partial charge is 0.497 e. The minimum atomic E-state index is -0.452. The van der Waals surface area contributed by atoms with E-state index in [0.29, 0.717) is 16.7 Å². The summed E-state index contributed by atoms with van der Waals surface area (Å²) in [5.74, 6) is 0.919. The number of thioether (sulfide) groups is 1. The van der Waals surface area contributed by atoms with E-state index in [0.717, 1.165) is 38.8 Å². The Kier molecular flexibility index (Phi) is 6.01. The topological polar surface area (TPSA) is 92.3 Å². The summed E-state index contributed by atoms with van der Waals surface area (Å²) in [5.41, 5.74) is 5.74. The van der Waals surface area contributed by atoms with Crippen molar-refractivity contribution in [3.05, 3.63) is 82.2 Å². The number of ether oxygens (including phenoxy) is 2. The van der Waals surface area contributed by atoms with Gasteiger partial charge in [0.1, 0.15) is 16.5 Å². The van der Waals surface area contributed by atoms with Crippen LogP contribution >= 0.6 is 11.8 Å². The molecule has 1 N–H and O–H groups in total. The van der Waals surface area contributed by atoms with Gasteiger partial charge in [0.15, 0.2) is 5.84 Å². The zero-order chi connectivity index (χ0) is 25.6. The fourth-order valence-corrected chi connectivity index (χ4v) is 5.32. The quantitative estimate of drug-likeness (QED) is 0.494. The number of benzene rings is 2. The Morgan fingerprint density at radius 2 is 1.81 bits per heavy atom. The van der Waals surface area contributed by atoms with Gasteiger partial charge >= 0.3 is 0 Å². The van der Waals surface area contributed by atoms with Gasteiger partial charge in [0, 0.05) is 23.0 Å². The molecular weight excluding hydrogens is 474 g/mol. The molecule has 0 unspecified atom stereocenters. The number of hydrogen-bond acceptors (Lipinski definition) is 6. The van der Waals surface area contributed by atoms with E-state index in [1.807, 2.05) is 69.3 Å². The van der Waals surface area contributed by atoms with Crippen molar-refractivity contribution in [1.82, 2.24) is 9.58 Å². The first-order valence-corrected chi connectivity index (χ1v) is 12.1. The van der Waals surface area contributed by atoms with Crippen LogP contribution in [0.25, 0.3) is 11.8 Å². The third-order valence-electron chi connectivity index (χ3n) is 6.23. The second kappa shape index (κ2) is 9.16. The van der Waals surface area contributed by atoms with E-state index in [-0.39, 0.29) is 11.4 Å². The second-order valence-electron chi connectivity index (χ2n) is 8.44. The maximum atomic E-state index is 13.0. The van der Waals surface area contributed by atoms with E-state index in [4.69, 9.17) is 14.9 Å². The van der Waals surface area contributed by atoms with Gasteiger partial charge in [0.25, 0.3) is 5.91 Å². The second-order valence-corrected chi connectivity index (χ2v) is 9.40. The molecule has 0 radical (unpaired) electrons. The van der Waals surface area contributed by atoms with E-state index in [9.17, 15) is 4.79 Å². The Morgan fingerprint density at radius 1 is 1.03 bits per heavy atom. The smallest absolute Gasteiger partial charge is 0.283 e. The van der Waals surface area contributed by atoms with Gasteiger partial charge < -0.3 is 14.0 Å². The summed E-state index contributed by atoms with van der Waals surface area (Å²) in [6, 6.07) is 15.5. The predicted octanol–water partition coefficient (Wildman–Crippen LogP) is 5.09. The van der Waals surface area contributed by atoms with Crippen LogP contribution in [0.1, 0.15) is 28.1 Å². The monoisotopic (exact) mass is 499 g/mol. The average molecular weight is 500 g/mol. The summed E-state index contributed by atoms with van der Waals surface area (Å²) < 4.78 is 13.0. The molecule has 5 rings (SSSR count). The van der Waals surface area contributed by atoms with Crippen LogP contribution in [-0.4, -0.2) is 45.7 Å². The molecule has 0 aliphatic carbocycles. The Morgan fingerprint density at radius 3 is 2.53 bits per heavy atom. The number of amidine groups is 2. The SMILES string of the molecule is COc1ccc(-n2c(C)cc(/C=C3\C(=N)N4N=C(c5ccccc5C)SC4=NC3=O)c2C)c(OC)c1. The van der Waals surface area contributed by atoms with Gasteiger partial charge in [-0.05, 0) is 67.9 Å². The molecule has 1 amide bonds. The first kappa shape index (κ1) is 23.6. The number of methoxy groups -OCH3 is 2. The van der Waals surface area contributed by atoms with E-state index >= 15 is 0 Å². The van der Waals surface area contributed by atoms with Crippen LogP contribution in [0.5, 0.6) is 11.5 Å². The number of hydrazone groups is 1. The van der Waals surface area contributed by atoms with E-state index < -0.39 is 5.91 Å². The van der Waals surface area contributed by atoms with Crippen molar-refractivity contribution in [2.45, 2.75) is 20.8 Å². The molecule has 0 spiro atoms. The number of nitrogens with zero attached hydrogens (tertiary/aromatic N) is 4. The van der Waals surface area contributed by atoms with Crippen molar-refractivity contribution in [3.63, 3.8) is 0 Å². The number of amides is 1. The number of aliphatic imine (C=N–C) groups is 1. The van der Waals surface area contributed by atoms with Crippen LogP contribution in [-0.2, 0) is 4.79 Å². The summed E-state index contributed by atoms with van der Waals surface area (Å²) in [5, 5.41) is 15.9. The van der Waals surface area contributed by atoms with E-state index in [1.54, 1.807) is 20.3 Å². The highest BCUT2D eigenvalue weighted by Gasteiger charge is 2.36. The molecule has 0 bridgehead atoms. The number of aryl methyl sites for hydroxylation is 2. The Balaban J connectivity index is 1.53. The summed E-state index contributed by atoms with van der Waals surface area (Å²) in [6.07, 6.45) is 1.71. The van der Waals surface area contributed by atoms with Crippen LogP contribution in [0.15, 0.2) is 64.2 Å². The number of aromatic nitrogens is 1. The molecule has 1 aromatic heterocycles. The number of fused-ring (bicyclic) bond motifs is 1. The highest BCUT2D eigenvalue weighted by atomic mass is 32.2. The molecule has 2 aromatic carbocycles. The average Bonchev–Trinajstić information content (AvgIpc) is 3.41. The Bertz CT molecular complexity index is 1520. The van der Waals surface area contributed by atoms with Gasteiger partial charge in [0.2, 0.25) is 5.17 Å². The standard InChI is InChI=1S/C27H25N5O3S/c1-15-8-6-7-9-20(15)26-30-32-24(28)21(25(33)29-27(32)36-26)13-18-12-16(2)31(17(18)3)22-11-10-19(34-4)14-23(22)35-5/h6-14,28H,1-5H3/b21-13+,28-24?. The number of hydrogen-bond donors (Lipinski definition) is 1. The van der Waals surface area contributed by atoms with Crippen molar-refractivity contribution >= 4 is 39.8 Å². The minimum Gasteiger partial charge on any atom is -0.497 e. The fraction of sp³-hybridized carbons (Fsp3) is 0.185. The van der Waals surface area contributed by atoms with Crippen LogP contribution in [0, 0.1) is 26.2 Å². The normalized spacial score (nSPS) is 16.2. The Hall–Kier alpha value is -4.11. The maximum Gasteiger partial charge on any atom is 0.283 e. The van der Waals surface area contributed by atoms with Crippen LogP contribution in [0.2, 0.25) is 0 Å². The molecular formula is C27H25N5O3S. The van der Waals surface area contributed by atoms with Gasteiger partial charge in [0.05, 0.1) is 25.5 Å². The third-order valence-corrected chi connectivity index (χ3v) is 7.17. The van der Waals surface area contributed by atoms with Crippen LogP contribution in [0.3, 0.4) is 0 Å². The zero-order valence-electron chi connectivity index (χ0n) is 20.6. The first-order valence-electron chi connectivity index (χ1n) is 11.3. The van der Waals surface area contributed by atoms with Crippen molar-refractivity contribution < 1.29 is 14.3 Å². The number of rotatable bonds is 5. The van der Waals surface area contributed by atoms with Crippen molar-refractivity contribution in [1.29, 1.82) is 5.41 Å². The summed E-state index contributed by atoms with van der Waals surface area (Å²) in [6.45, 7) is 5.96. The third kappa shape index (κ3) is 3.91. The molecule has 8 nitrogen and oxygen atoms in total. The number of nitrogens with one attached hydrogen (secondary N) is 1. The van der Waals surface area contributed by atoms with Crippen molar-refractivity contribution in [2.24, 2.45) is 10.1 Å². The molecule has 0 atom stereocenters. The number of carbonyl (C=O) groups is 1. The van der Waals surface area contributed by atoms with Crippen molar-refractivity contribution in [2.75, 3.05) is 14.2 Å². The molecule has 0 saturated carbocycles. The maximum absolute atomic E-state index is 13.0. The lowest BCUT2D eigenvalue weighted by Gasteiger charge is -2.20. The summed E-state index contributed by atoms with van der Waals surface area (Å²) in [4.78, 5) is 17.2. The lowest BCUT2D eigenvalue weighted by Crippen LogP contribution is -2.35.